The van der Waals surface area contributed by atoms with Crippen molar-refractivity contribution in [3.05, 3.63) is 207 Å². The number of fused-ring (bicyclic) bond motifs is 9. The number of hydrogen-bond donors (Lipinski definition) is 0. The molecule has 12 rings (SSSR count). The van der Waals surface area contributed by atoms with Crippen molar-refractivity contribution in [2.75, 3.05) is 0 Å². The van der Waals surface area contributed by atoms with Gasteiger partial charge in [0.05, 0.1) is 22.1 Å². The molecule has 7 aromatic carbocycles. The molecule has 0 N–H and O–H groups in total. The fourth-order valence-corrected chi connectivity index (χ4v) is 8.19. The molecule has 0 atom stereocenters. The molecule has 0 saturated carbocycles. The van der Waals surface area contributed by atoms with Crippen molar-refractivity contribution >= 4 is 65.6 Å². The SMILES string of the molecule is [Ir].[c-]1ccc2c(oc3ccccc32)c1-c1cc2c(cn1)c1ccccc1n2-c1ccc2c(c1)c1ccccc1n2-c1ccccc1.[c-]1ccccc1-c1ccccn1. The monoisotopic (exact) mass is 921 g/mol. The van der Waals surface area contributed by atoms with Gasteiger partial charge in [-0.05, 0) is 66.0 Å². The molecule has 6 heteroatoms. The molecule has 1 radical (unpaired) electrons. The second-order valence-electron chi connectivity index (χ2n) is 14.0. The molecule has 5 nitrogen and oxygen atoms in total. The summed E-state index contributed by atoms with van der Waals surface area (Å²) < 4.78 is 11.1. The molecule has 5 heterocycles. The van der Waals surface area contributed by atoms with Crippen LogP contribution in [0.5, 0.6) is 0 Å². The molecule has 0 fully saturated rings. The molecule has 0 spiro atoms. The van der Waals surface area contributed by atoms with Crippen LogP contribution in [0.1, 0.15) is 0 Å². The summed E-state index contributed by atoms with van der Waals surface area (Å²) in [5.41, 5.74) is 12.2. The molecular weight excluding hydrogens is 889 g/mol. The van der Waals surface area contributed by atoms with Crippen LogP contribution < -0.4 is 0 Å². The first-order valence-electron chi connectivity index (χ1n) is 19.0. The Bertz CT molecular complexity index is 3370. The van der Waals surface area contributed by atoms with Gasteiger partial charge in [-0.1, -0.05) is 102 Å². The summed E-state index contributed by atoms with van der Waals surface area (Å²) in [5.74, 6) is 0. The first-order chi connectivity index (χ1) is 28.3. The third-order valence-corrected chi connectivity index (χ3v) is 10.7. The van der Waals surface area contributed by atoms with Gasteiger partial charge in [0.25, 0.3) is 0 Å². The summed E-state index contributed by atoms with van der Waals surface area (Å²) in [6.07, 6.45) is 3.79. The van der Waals surface area contributed by atoms with E-state index in [1.54, 1.807) is 6.20 Å². The number of para-hydroxylation sites is 4. The van der Waals surface area contributed by atoms with Gasteiger partial charge in [-0.25, -0.2) is 0 Å². The van der Waals surface area contributed by atoms with E-state index in [4.69, 9.17) is 9.40 Å². The molecule has 0 aliphatic rings. The summed E-state index contributed by atoms with van der Waals surface area (Å²) >= 11 is 0. The van der Waals surface area contributed by atoms with Crippen molar-refractivity contribution in [2.24, 2.45) is 0 Å². The van der Waals surface area contributed by atoms with Gasteiger partial charge in [-0.2, -0.15) is 0 Å². The maximum atomic E-state index is 6.37. The molecule has 277 valence electrons. The minimum absolute atomic E-state index is 0. The van der Waals surface area contributed by atoms with Gasteiger partial charge in [-0.3, -0.25) is 0 Å². The van der Waals surface area contributed by atoms with E-state index in [1.165, 1.54) is 27.2 Å². The van der Waals surface area contributed by atoms with E-state index in [-0.39, 0.29) is 20.1 Å². The number of rotatable bonds is 4. The first-order valence-corrected chi connectivity index (χ1v) is 19.0. The molecule has 0 aliphatic carbocycles. The maximum Gasteiger partial charge on any atom is 0.120 e. The average Bonchev–Trinajstić information content (AvgIpc) is 3.95. The number of furan rings is 1. The Hall–Kier alpha value is -7.11. The van der Waals surface area contributed by atoms with Crippen molar-refractivity contribution in [2.45, 2.75) is 0 Å². The molecule has 0 aliphatic heterocycles. The van der Waals surface area contributed by atoms with E-state index < -0.39 is 0 Å². The molecule has 0 amide bonds. The minimum Gasteiger partial charge on any atom is -0.501 e. The van der Waals surface area contributed by atoms with E-state index in [0.717, 1.165) is 72.2 Å². The Morgan fingerprint density at radius 2 is 1.12 bits per heavy atom. The second-order valence-corrected chi connectivity index (χ2v) is 14.0. The van der Waals surface area contributed by atoms with E-state index in [0.29, 0.717) is 0 Å². The Morgan fingerprint density at radius 3 is 1.90 bits per heavy atom. The van der Waals surface area contributed by atoms with Gasteiger partial charge in [0.15, 0.2) is 0 Å². The summed E-state index contributed by atoms with van der Waals surface area (Å²) in [7, 11) is 0. The summed E-state index contributed by atoms with van der Waals surface area (Å²) in [4.78, 5) is 9.19. The van der Waals surface area contributed by atoms with Crippen LogP contribution >= 0.6 is 0 Å². The molecule has 58 heavy (non-hydrogen) atoms. The van der Waals surface area contributed by atoms with E-state index in [1.807, 2.05) is 72.9 Å². The largest absolute Gasteiger partial charge is 0.501 e. The molecular formula is C52H32IrN4O-2. The standard InChI is InChI=1S/C41H24N3O.C11H8N.Ir/c1-2-11-26(12-3-1)43-36-18-7-4-13-28(36)33-23-27(21-22-38(33)43)44-37-19-8-5-14-29(37)34-25-42-35(24-39(34)44)32-17-10-16-31-30-15-6-9-20-40(30)45-41(31)32;1-2-6-10(7-3-1)11-8-4-5-9-12-11;/h1-16,18-25H;1-6,8-9H;/q2*-1;. The molecule has 12 aromatic rings. The number of aromatic nitrogens is 4. The summed E-state index contributed by atoms with van der Waals surface area (Å²) in [6.45, 7) is 0. The van der Waals surface area contributed by atoms with Crippen LogP contribution in [0.4, 0.5) is 0 Å². The zero-order valence-electron chi connectivity index (χ0n) is 31.0. The average molecular weight is 921 g/mol. The fourth-order valence-electron chi connectivity index (χ4n) is 8.19. The Kier molecular flexibility index (Phi) is 8.99. The van der Waals surface area contributed by atoms with E-state index in [2.05, 4.69) is 142 Å². The Balaban J connectivity index is 0.000000270. The van der Waals surface area contributed by atoms with Crippen molar-refractivity contribution in [1.82, 2.24) is 19.1 Å². The van der Waals surface area contributed by atoms with Gasteiger partial charge in [0.1, 0.15) is 5.58 Å². The predicted octanol–water partition coefficient (Wildman–Crippen LogP) is 13.2. The quantitative estimate of drug-likeness (QED) is 0.165. The number of pyridine rings is 2. The molecule has 0 unspecified atom stereocenters. The predicted molar refractivity (Wildman–Crippen MR) is 233 cm³/mol. The van der Waals surface area contributed by atoms with Crippen LogP contribution in [0, 0.1) is 12.1 Å². The van der Waals surface area contributed by atoms with Gasteiger partial charge in [0.2, 0.25) is 0 Å². The second kappa shape index (κ2) is 14.8. The Morgan fingerprint density at radius 1 is 0.431 bits per heavy atom. The summed E-state index contributed by atoms with van der Waals surface area (Å²) in [6, 6.07) is 69.3. The zero-order valence-corrected chi connectivity index (χ0v) is 33.4. The van der Waals surface area contributed by atoms with Crippen molar-refractivity contribution < 1.29 is 24.5 Å². The zero-order chi connectivity index (χ0) is 37.7. The number of nitrogens with zero attached hydrogens (tertiary/aromatic N) is 4. The third kappa shape index (κ3) is 5.90. The molecule has 0 bridgehead atoms. The van der Waals surface area contributed by atoms with Gasteiger partial charge < -0.3 is 23.5 Å². The van der Waals surface area contributed by atoms with Crippen LogP contribution in [0.25, 0.3) is 99.4 Å². The molecule has 5 aromatic heterocycles. The van der Waals surface area contributed by atoms with Gasteiger partial charge in [-0.15, -0.1) is 54.1 Å². The first kappa shape index (κ1) is 35.3. The smallest absolute Gasteiger partial charge is 0.120 e. The normalized spacial score (nSPS) is 11.3. The van der Waals surface area contributed by atoms with E-state index in [9.17, 15) is 0 Å². The van der Waals surface area contributed by atoms with Crippen LogP contribution in [-0.2, 0) is 20.1 Å². The number of hydrogen-bond acceptors (Lipinski definition) is 3. The van der Waals surface area contributed by atoms with Crippen LogP contribution in [0.3, 0.4) is 0 Å². The summed E-state index contributed by atoms with van der Waals surface area (Å²) in [5, 5.41) is 6.89. The van der Waals surface area contributed by atoms with Crippen LogP contribution in [0.15, 0.2) is 199 Å². The van der Waals surface area contributed by atoms with Crippen molar-refractivity contribution in [3.8, 4) is 33.9 Å². The molecule has 0 saturated heterocycles. The third-order valence-electron chi connectivity index (χ3n) is 10.7. The Labute approximate surface area is 347 Å². The maximum absolute atomic E-state index is 6.37. The van der Waals surface area contributed by atoms with E-state index >= 15 is 0 Å². The van der Waals surface area contributed by atoms with Crippen LogP contribution in [0.2, 0.25) is 0 Å². The van der Waals surface area contributed by atoms with Gasteiger partial charge >= 0.3 is 0 Å². The van der Waals surface area contributed by atoms with Crippen molar-refractivity contribution in [1.29, 1.82) is 0 Å². The van der Waals surface area contributed by atoms with Crippen LogP contribution in [-0.4, -0.2) is 19.1 Å². The van der Waals surface area contributed by atoms with Crippen molar-refractivity contribution in [3.63, 3.8) is 0 Å². The minimum atomic E-state index is 0. The fraction of sp³-hybridized carbons (Fsp3) is 0. The topological polar surface area (TPSA) is 48.8 Å². The van der Waals surface area contributed by atoms with Gasteiger partial charge in [0, 0.05) is 76.3 Å². The number of benzene rings is 7.